The molecule has 0 bridgehead atoms. The predicted molar refractivity (Wildman–Crippen MR) is 138 cm³/mol. The molecule has 2 saturated heterocycles. The Bertz CT molecular complexity index is 1280. The van der Waals surface area contributed by atoms with Crippen molar-refractivity contribution in [3.63, 3.8) is 0 Å². The lowest BCUT2D eigenvalue weighted by Crippen LogP contribution is -2.61. The van der Waals surface area contributed by atoms with Gasteiger partial charge in [0, 0.05) is 29.7 Å². The molecule has 2 fully saturated rings. The number of fused-ring (bicyclic) bond motifs is 1. The first-order valence-corrected chi connectivity index (χ1v) is 13.4. The van der Waals surface area contributed by atoms with E-state index in [9.17, 15) is 56.2 Å². The lowest BCUT2D eigenvalue weighted by molar-refractivity contribution is -0.336. The van der Waals surface area contributed by atoms with Crippen LogP contribution in [0.1, 0.15) is 24.2 Å². The standard InChI is InChI=1S/C27H34O16/c1-8-18(32)21(35)23(37)26(40-8)39-7-17-20(34)22(36)24(38)27(43-17)42-16-6-11-12(29)4-10(28)5-15(11)41-25(16)9-2-13(30)19(33)14(31)3-9/h2-5,8,16-18,20-38H,6-7H2,1H3. The van der Waals surface area contributed by atoms with Gasteiger partial charge in [0.05, 0.1) is 12.7 Å². The average Bonchev–Trinajstić information content (AvgIpc) is 2.96. The molecule has 3 aliphatic rings. The average molecular weight is 615 g/mol. The SMILES string of the molecule is CC1OC(OCC2OC(OC3Cc4c(O)cc(O)cc4OC3c3cc(O)c(O)c(O)c3)C(O)C(O)C2O)C(O)C(O)C1O. The highest BCUT2D eigenvalue weighted by atomic mass is 16.7. The van der Waals surface area contributed by atoms with Gasteiger partial charge in [0.25, 0.3) is 0 Å². The maximum atomic E-state index is 10.7. The summed E-state index contributed by atoms with van der Waals surface area (Å²) in [6, 6.07) is 4.45. The van der Waals surface area contributed by atoms with Crippen LogP contribution in [0.2, 0.25) is 0 Å². The summed E-state index contributed by atoms with van der Waals surface area (Å²) in [5, 5.41) is 112. The van der Waals surface area contributed by atoms with Crippen molar-refractivity contribution in [2.45, 2.75) is 87.0 Å². The molecule has 43 heavy (non-hydrogen) atoms. The molecule has 3 heterocycles. The van der Waals surface area contributed by atoms with Crippen LogP contribution >= 0.6 is 0 Å². The third-order valence-electron chi connectivity index (χ3n) is 7.80. The first-order valence-electron chi connectivity index (χ1n) is 13.4. The summed E-state index contributed by atoms with van der Waals surface area (Å²) < 4.78 is 28.5. The van der Waals surface area contributed by atoms with Crippen LogP contribution in [0.3, 0.4) is 0 Å². The summed E-state index contributed by atoms with van der Waals surface area (Å²) in [6.45, 7) is 0.912. The van der Waals surface area contributed by atoms with Crippen molar-refractivity contribution in [3.05, 3.63) is 35.4 Å². The van der Waals surface area contributed by atoms with Crippen LogP contribution in [-0.2, 0) is 25.4 Å². The van der Waals surface area contributed by atoms with Crippen molar-refractivity contribution < 1.29 is 79.9 Å². The Balaban J connectivity index is 1.38. The number of rotatable bonds is 6. The van der Waals surface area contributed by atoms with Gasteiger partial charge in [0.2, 0.25) is 0 Å². The summed E-state index contributed by atoms with van der Waals surface area (Å²) in [4.78, 5) is 0. The molecule has 238 valence electrons. The highest BCUT2D eigenvalue weighted by Gasteiger charge is 2.48. The Morgan fingerprint density at radius 1 is 0.721 bits per heavy atom. The number of aliphatic hydroxyl groups excluding tert-OH is 6. The van der Waals surface area contributed by atoms with Crippen molar-refractivity contribution in [2.24, 2.45) is 0 Å². The van der Waals surface area contributed by atoms with Gasteiger partial charge in [-0.1, -0.05) is 0 Å². The number of hydrogen-bond acceptors (Lipinski definition) is 16. The number of phenolic OH excluding ortho intramolecular Hbond substituents is 5. The van der Waals surface area contributed by atoms with Crippen LogP contribution in [0.15, 0.2) is 24.3 Å². The summed E-state index contributed by atoms with van der Waals surface area (Å²) in [5.74, 6) is -2.80. The van der Waals surface area contributed by atoms with Gasteiger partial charge < -0.3 is 79.9 Å². The Hall–Kier alpha value is -3.16. The molecule has 11 N–H and O–H groups in total. The molecule has 2 aromatic rings. The van der Waals surface area contributed by atoms with Crippen LogP contribution < -0.4 is 4.74 Å². The Labute approximate surface area is 243 Å². The molecular formula is C27H34O16. The van der Waals surface area contributed by atoms with E-state index >= 15 is 0 Å². The molecule has 12 unspecified atom stereocenters. The minimum Gasteiger partial charge on any atom is -0.508 e. The number of hydrogen-bond donors (Lipinski definition) is 11. The minimum absolute atomic E-state index is 0.0359. The molecule has 0 radical (unpaired) electrons. The molecule has 0 amide bonds. The lowest BCUT2D eigenvalue weighted by Gasteiger charge is -2.44. The molecule has 0 aliphatic carbocycles. The Kier molecular flexibility index (Phi) is 8.79. The predicted octanol–water partition coefficient (Wildman–Crippen LogP) is -2.07. The second-order valence-corrected chi connectivity index (χ2v) is 10.8. The van der Waals surface area contributed by atoms with Crippen molar-refractivity contribution in [2.75, 3.05) is 6.61 Å². The normalized spacial score (nSPS) is 37.8. The largest absolute Gasteiger partial charge is 0.508 e. The smallest absolute Gasteiger partial charge is 0.200 e. The van der Waals surface area contributed by atoms with E-state index in [1.807, 2.05) is 0 Å². The van der Waals surface area contributed by atoms with E-state index in [-0.39, 0.29) is 34.8 Å². The van der Waals surface area contributed by atoms with Crippen molar-refractivity contribution >= 4 is 0 Å². The summed E-state index contributed by atoms with van der Waals surface area (Å²) >= 11 is 0. The van der Waals surface area contributed by atoms with E-state index in [1.54, 1.807) is 0 Å². The molecule has 0 saturated carbocycles. The molecule has 16 heteroatoms. The van der Waals surface area contributed by atoms with Gasteiger partial charge in [-0.2, -0.15) is 0 Å². The first kappa shape index (κ1) is 31.3. The zero-order valence-corrected chi connectivity index (χ0v) is 22.6. The van der Waals surface area contributed by atoms with Gasteiger partial charge in [0.15, 0.2) is 35.9 Å². The summed E-state index contributed by atoms with van der Waals surface area (Å²) in [6.07, 6.45) is -17.9. The lowest BCUT2D eigenvalue weighted by atomic mass is 9.93. The highest BCUT2D eigenvalue weighted by molar-refractivity contribution is 5.54. The van der Waals surface area contributed by atoms with Crippen LogP contribution in [-0.4, -0.2) is 130 Å². The molecule has 0 spiro atoms. The number of ether oxygens (including phenoxy) is 5. The van der Waals surface area contributed by atoms with Gasteiger partial charge in [-0.25, -0.2) is 0 Å². The monoisotopic (exact) mass is 614 g/mol. The molecule has 0 aromatic heterocycles. The van der Waals surface area contributed by atoms with Gasteiger partial charge in [-0.15, -0.1) is 0 Å². The third-order valence-corrected chi connectivity index (χ3v) is 7.80. The van der Waals surface area contributed by atoms with E-state index in [0.717, 1.165) is 18.2 Å². The fourth-order valence-electron chi connectivity index (χ4n) is 5.32. The van der Waals surface area contributed by atoms with E-state index in [0.29, 0.717) is 0 Å². The molecule has 5 rings (SSSR count). The molecule has 2 aromatic carbocycles. The van der Waals surface area contributed by atoms with E-state index in [4.69, 9.17) is 23.7 Å². The quantitative estimate of drug-likeness (QED) is 0.156. The van der Waals surface area contributed by atoms with Gasteiger partial charge in [-0.3, -0.25) is 0 Å². The van der Waals surface area contributed by atoms with Gasteiger partial charge in [-0.05, 0) is 19.1 Å². The third kappa shape index (κ3) is 5.99. The van der Waals surface area contributed by atoms with Gasteiger partial charge >= 0.3 is 0 Å². The molecule has 12 atom stereocenters. The van der Waals surface area contributed by atoms with Crippen LogP contribution in [0.25, 0.3) is 0 Å². The molecular weight excluding hydrogens is 580 g/mol. The molecule has 16 nitrogen and oxygen atoms in total. The van der Waals surface area contributed by atoms with E-state index in [1.165, 1.54) is 13.0 Å². The number of aromatic hydroxyl groups is 5. The maximum absolute atomic E-state index is 10.7. The second-order valence-electron chi connectivity index (χ2n) is 10.8. The second kappa shape index (κ2) is 12.1. The van der Waals surface area contributed by atoms with E-state index in [2.05, 4.69) is 0 Å². The Morgan fingerprint density at radius 3 is 2.02 bits per heavy atom. The topological polar surface area (TPSA) is 269 Å². The van der Waals surface area contributed by atoms with Crippen LogP contribution in [0.4, 0.5) is 0 Å². The van der Waals surface area contributed by atoms with Crippen molar-refractivity contribution in [1.29, 1.82) is 0 Å². The fraction of sp³-hybridized carbons (Fsp3) is 0.556. The Morgan fingerprint density at radius 2 is 1.35 bits per heavy atom. The highest BCUT2D eigenvalue weighted by Crippen LogP contribution is 2.46. The number of phenols is 5. The first-order chi connectivity index (χ1) is 20.3. The minimum atomic E-state index is -1.82. The zero-order valence-electron chi connectivity index (χ0n) is 22.6. The number of aliphatic hydroxyl groups is 6. The fourth-order valence-corrected chi connectivity index (χ4v) is 5.32. The summed E-state index contributed by atoms with van der Waals surface area (Å²) in [7, 11) is 0. The van der Waals surface area contributed by atoms with E-state index < -0.39 is 97.5 Å². The maximum Gasteiger partial charge on any atom is 0.200 e. The van der Waals surface area contributed by atoms with Crippen LogP contribution in [0.5, 0.6) is 34.5 Å². The number of benzene rings is 2. The van der Waals surface area contributed by atoms with Crippen molar-refractivity contribution in [3.8, 4) is 34.5 Å². The van der Waals surface area contributed by atoms with Gasteiger partial charge in [0.1, 0.15) is 66.1 Å². The van der Waals surface area contributed by atoms with Crippen LogP contribution in [0, 0.1) is 0 Å². The summed E-state index contributed by atoms with van der Waals surface area (Å²) in [5.41, 5.74) is 0.269. The molecule has 3 aliphatic heterocycles. The zero-order chi connectivity index (χ0) is 31.3. The van der Waals surface area contributed by atoms with Crippen molar-refractivity contribution in [1.82, 2.24) is 0 Å².